The summed E-state index contributed by atoms with van der Waals surface area (Å²) in [5.74, 6) is 0.356. The molecule has 0 unspecified atom stereocenters. The fraction of sp³-hybridized carbons (Fsp3) is 0.0556. The van der Waals surface area contributed by atoms with E-state index in [9.17, 15) is 4.79 Å². The van der Waals surface area contributed by atoms with E-state index < -0.39 is 5.91 Å². The highest BCUT2D eigenvalue weighted by Gasteiger charge is 2.13. The highest BCUT2D eigenvalue weighted by atomic mass is 35.5. The van der Waals surface area contributed by atoms with Crippen LogP contribution in [0.4, 0.5) is 17.3 Å². The molecule has 26 heavy (non-hydrogen) atoms. The molecule has 1 heterocycles. The number of ether oxygens (including phenoxy) is 1. The number of halogens is 2. The molecule has 0 aliphatic rings. The molecule has 0 spiro atoms. The van der Waals surface area contributed by atoms with Gasteiger partial charge in [-0.15, -0.1) is 0 Å². The van der Waals surface area contributed by atoms with E-state index >= 15 is 0 Å². The molecular weight excluding hydrogens is 375 g/mol. The van der Waals surface area contributed by atoms with Crippen molar-refractivity contribution in [3.05, 3.63) is 70.5 Å². The molecule has 6 nitrogen and oxygen atoms in total. The van der Waals surface area contributed by atoms with Crippen LogP contribution in [0, 0.1) is 0 Å². The maximum absolute atomic E-state index is 12.5. The van der Waals surface area contributed by atoms with Gasteiger partial charge in [0.1, 0.15) is 11.4 Å². The number of anilines is 3. The Labute approximate surface area is 160 Å². The molecule has 0 atom stereocenters. The number of aromatic nitrogens is 2. The molecule has 0 radical (unpaired) electrons. The summed E-state index contributed by atoms with van der Waals surface area (Å²) < 4.78 is 5.22. The number of para-hydroxylation sites is 3. The first-order valence-corrected chi connectivity index (χ1v) is 8.32. The predicted octanol–water partition coefficient (Wildman–Crippen LogP) is 4.79. The van der Waals surface area contributed by atoms with Gasteiger partial charge in [0, 0.05) is 6.20 Å². The number of nitrogens with zero attached hydrogens (tertiary/aromatic N) is 2. The summed E-state index contributed by atoms with van der Waals surface area (Å²) in [4.78, 5) is 20.8. The maximum Gasteiger partial charge on any atom is 0.274 e. The summed E-state index contributed by atoms with van der Waals surface area (Å²) in [5, 5.41) is 6.53. The molecule has 0 saturated carbocycles. The molecule has 1 aromatic heterocycles. The van der Waals surface area contributed by atoms with Crippen LogP contribution in [0.2, 0.25) is 10.0 Å². The molecular formula is C18H14Cl2N4O2. The van der Waals surface area contributed by atoms with Crippen LogP contribution in [0.3, 0.4) is 0 Å². The Kier molecular flexibility index (Phi) is 5.55. The lowest BCUT2D eigenvalue weighted by atomic mass is 10.2. The van der Waals surface area contributed by atoms with Crippen molar-refractivity contribution in [2.24, 2.45) is 0 Å². The second-order valence-electron chi connectivity index (χ2n) is 5.14. The summed E-state index contributed by atoms with van der Waals surface area (Å²) in [7, 11) is 1.53. The van der Waals surface area contributed by atoms with Gasteiger partial charge in [-0.1, -0.05) is 41.4 Å². The van der Waals surface area contributed by atoms with Crippen molar-refractivity contribution in [2.75, 3.05) is 17.7 Å². The fourth-order valence-electron chi connectivity index (χ4n) is 2.21. The van der Waals surface area contributed by atoms with E-state index in [0.717, 1.165) is 0 Å². The SMILES string of the molecule is COc1ccccc1NC(=O)c1ccnc(Nc2c(Cl)cccc2Cl)n1. The summed E-state index contributed by atoms with van der Waals surface area (Å²) in [6.45, 7) is 0. The molecule has 0 aliphatic carbocycles. The first-order valence-electron chi connectivity index (χ1n) is 7.57. The van der Waals surface area contributed by atoms with E-state index in [-0.39, 0.29) is 11.6 Å². The summed E-state index contributed by atoms with van der Waals surface area (Å²) in [6, 6.07) is 13.7. The standard InChI is InChI=1S/C18H14Cl2N4O2/c1-26-15-8-3-2-7-13(15)22-17(25)14-9-10-21-18(23-14)24-16-11(19)5-4-6-12(16)20/h2-10H,1H3,(H,22,25)(H,21,23,24). The highest BCUT2D eigenvalue weighted by molar-refractivity contribution is 6.39. The Balaban J connectivity index is 1.82. The quantitative estimate of drug-likeness (QED) is 0.656. The van der Waals surface area contributed by atoms with Crippen molar-refractivity contribution in [1.82, 2.24) is 9.97 Å². The number of amides is 1. The van der Waals surface area contributed by atoms with E-state index in [1.807, 2.05) is 6.07 Å². The van der Waals surface area contributed by atoms with Crippen molar-refractivity contribution in [3.63, 3.8) is 0 Å². The number of hydrogen-bond donors (Lipinski definition) is 2. The lowest BCUT2D eigenvalue weighted by Gasteiger charge is -2.11. The van der Waals surface area contributed by atoms with Gasteiger partial charge in [-0.2, -0.15) is 0 Å². The predicted molar refractivity (Wildman–Crippen MR) is 103 cm³/mol. The molecule has 1 amide bonds. The Morgan fingerprint density at radius 3 is 2.50 bits per heavy atom. The van der Waals surface area contributed by atoms with Gasteiger partial charge in [0.2, 0.25) is 5.95 Å². The largest absolute Gasteiger partial charge is 0.495 e. The molecule has 0 saturated heterocycles. The zero-order valence-electron chi connectivity index (χ0n) is 13.7. The van der Waals surface area contributed by atoms with Gasteiger partial charge >= 0.3 is 0 Å². The van der Waals surface area contributed by atoms with Crippen LogP contribution in [0.25, 0.3) is 0 Å². The maximum atomic E-state index is 12.5. The van der Waals surface area contributed by atoms with Crippen LogP contribution >= 0.6 is 23.2 Å². The van der Waals surface area contributed by atoms with E-state index in [1.165, 1.54) is 19.4 Å². The van der Waals surface area contributed by atoms with Crippen LogP contribution in [-0.4, -0.2) is 23.0 Å². The number of carbonyl (C=O) groups is 1. The number of methoxy groups -OCH3 is 1. The number of carbonyl (C=O) groups excluding carboxylic acids is 1. The normalized spacial score (nSPS) is 10.3. The van der Waals surface area contributed by atoms with Gasteiger partial charge in [-0.25, -0.2) is 9.97 Å². The van der Waals surface area contributed by atoms with Crippen LogP contribution < -0.4 is 15.4 Å². The van der Waals surface area contributed by atoms with Crippen molar-refractivity contribution in [1.29, 1.82) is 0 Å². The smallest absolute Gasteiger partial charge is 0.274 e. The Bertz CT molecular complexity index is 930. The number of hydrogen-bond acceptors (Lipinski definition) is 5. The molecule has 3 aromatic rings. The Morgan fingerprint density at radius 2 is 1.77 bits per heavy atom. The monoisotopic (exact) mass is 388 g/mol. The third-order valence-corrected chi connectivity index (χ3v) is 4.07. The lowest BCUT2D eigenvalue weighted by molar-refractivity contribution is 0.102. The number of rotatable bonds is 5. The Hall–Kier alpha value is -2.83. The molecule has 8 heteroatoms. The van der Waals surface area contributed by atoms with Gasteiger partial charge in [-0.3, -0.25) is 4.79 Å². The van der Waals surface area contributed by atoms with Crippen LogP contribution in [0.15, 0.2) is 54.7 Å². The summed E-state index contributed by atoms with van der Waals surface area (Å²) in [5.41, 5.74) is 1.19. The van der Waals surface area contributed by atoms with Crippen LogP contribution in [-0.2, 0) is 0 Å². The van der Waals surface area contributed by atoms with E-state index in [4.69, 9.17) is 27.9 Å². The van der Waals surface area contributed by atoms with Gasteiger partial charge < -0.3 is 15.4 Å². The molecule has 3 rings (SSSR count). The number of nitrogens with one attached hydrogen (secondary N) is 2. The second kappa shape index (κ2) is 8.03. The third kappa shape index (κ3) is 4.04. The highest BCUT2D eigenvalue weighted by Crippen LogP contribution is 2.31. The van der Waals surface area contributed by atoms with Crippen molar-refractivity contribution in [2.45, 2.75) is 0 Å². The van der Waals surface area contributed by atoms with Crippen LogP contribution in [0.5, 0.6) is 5.75 Å². The fourth-order valence-corrected chi connectivity index (χ4v) is 2.70. The molecule has 0 aliphatic heterocycles. The van der Waals surface area contributed by atoms with E-state index in [1.54, 1.807) is 36.4 Å². The molecule has 2 aromatic carbocycles. The summed E-state index contributed by atoms with van der Waals surface area (Å²) >= 11 is 12.3. The minimum absolute atomic E-state index is 0.177. The van der Waals surface area contributed by atoms with Gasteiger partial charge in [0.05, 0.1) is 28.5 Å². The molecule has 0 fully saturated rings. The van der Waals surface area contributed by atoms with Gasteiger partial charge in [-0.05, 0) is 30.3 Å². The average molecular weight is 389 g/mol. The second-order valence-corrected chi connectivity index (χ2v) is 5.96. The first-order chi connectivity index (χ1) is 12.6. The Morgan fingerprint density at radius 1 is 1.04 bits per heavy atom. The lowest BCUT2D eigenvalue weighted by Crippen LogP contribution is -2.15. The van der Waals surface area contributed by atoms with Crippen molar-refractivity contribution < 1.29 is 9.53 Å². The molecule has 132 valence electrons. The number of benzene rings is 2. The molecule has 2 N–H and O–H groups in total. The minimum Gasteiger partial charge on any atom is -0.495 e. The third-order valence-electron chi connectivity index (χ3n) is 3.44. The average Bonchev–Trinajstić information content (AvgIpc) is 2.65. The molecule has 0 bridgehead atoms. The van der Waals surface area contributed by atoms with Crippen molar-refractivity contribution in [3.8, 4) is 5.75 Å². The van der Waals surface area contributed by atoms with Gasteiger partial charge in [0.15, 0.2) is 0 Å². The van der Waals surface area contributed by atoms with Gasteiger partial charge in [0.25, 0.3) is 5.91 Å². The topological polar surface area (TPSA) is 76.1 Å². The zero-order valence-corrected chi connectivity index (χ0v) is 15.2. The van der Waals surface area contributed by atoms with Crippen LogP contribution in [0.1, 0.15) is 10.5 Å². The zero-order chi connectivity index (χ0) is 18.5. The van der Waals surface area contributed by atoms with E-state index in [0.29, 0.717) is 27.2 Å². The minimum atomic E-state index is -0.398. The van der Waals surface area contributed by atoms with Crippen molar-refractivity contribution >= 4 is 46.4 Å². The summed E-state index contributed by atoms with van der Waals surface area (Å²) in [6.07, 6.45) is 1.47. The van der Waals surface area contributed by atoms with E-state index in [2.05, 4.69) is 20.6 Å². The first kappa shape index (κ1) is 18.0.